The molecule has 20 heavy (non-hydrogen) atoms. The predicted octanol–water partition coefficient (Wildman–Crippen LogP) is 2.61. The van der Waals surface area contributed by atoms with Crippen LogP contribution in [0.25, 0.3) is 0 Å². The van der Waals surface area contributed by atoms with Crippen LogP contribution in [-0.2, 0) is 9.59 Å². The van der Waals surface area contributed by atoms with E-state index in [4.69, 9.17) is 16.7 Å². The van der Waals surface area contributed by atoms with Crippen LogP contribution in [0.1, 0.15) is 13.8 Å². The molecule has 0 aliphatic heterocycles. The fourth-order valence-corrected chi connectivity index (χ4v) is 1.49. The Morgan fingerprint density at radius 2 is 1.90 bits per heavy atom. The van der Waals surface area contributed by atoms with Crippen molar-refractivity contribution in [1.29, 1.82) is 0 Å². The minimum atomic E-state index is -1.20. The van der Waals surface area contributed by atoms with Gasteiger partial charge in [0.1, 0.15) is 0 Å². The second-order valence-corrected chi connectivity index (χ2v) is 4.34. The number of carbonyl (C=O) groups excluding carboxylic acids is 1. The highest BCUT2D eigenvalue weighted by atomic mass is 35.5. The first-order chi connectivity index (χ1) is 9.23. The molecule has 0 aliphatic rings. The zero-order chi connectivity index (χ0) is 15.4. The predicted molar refractivity (Wildman–Crippen MR) is 72.7 cm³/mol. The standard InChI is InChI=1S/C12H11ClN2O5/c1-6(7(2)12(17)18)11(16)14-10-4-3-8(15(19)20)5-9(10)13/h3-5H,1-2H3,(H,14,16)(H,17,18)/b7-6-. The van der Waals surface area contributed by atoms with Gasteiger partial charge in [-0.05, 0) is 19.9 Å². The largest absolute Gasteiger partial charge is 0.478 e. The summed E-state index contributed by atoms with van der Waals surface area (Å²) in [5.41, 5.74) is -0.116. The van der Waals surface area contributed by atoms with E-state index in [1.54, 1.807) is 0 Å². The van der Waals surface area contributed by atoms with Gasteiger partial charge >= 0.3 is 5.97 Å². The van der Waals surface area contributed by atoms with Crippen LogP contribution in [0.4, 0.5) is 11.4 Å². The number of carboxylic acid groups (broad SMARTS) is 1. The molecule has 0 radical (unpaired) electrons. The third-order valence-electron chi connectivity index (χ3n) is 2.64. The van der Waals surface area contributed by atoms with Gasteiger partial charge in [0, 0.05) is 23.3 Å². The van der Waals surface area contributed by atoms with Gasteiger partial charge in [0.15, 0.2) is 0 Å². The number of carbonyl (C=O) groups is 2. The lowest BCUT2D eigenvalue weighted by molar-refractivity contribution is -0.384. The van der Waals surface area contributed by atoms with Crippen LogP contribution in [0.2, 0.25) is 5.02 Å². The van der Waals surface area contributed by atoms with E-state index in [0.717, 1.165) is 6.07 Å². The van der Waals surface area contributed by atoms with Crippen molar-refractivity contribution in [2.75, 3.05) is 5.32 Å². The number of rotatable bonds is 4. The van der Waals surface area contributed by atoms with E-state index in [9.17, 15) is 19.7 Å². The molecule has 0 heterocycles. The van der Waals surface area contributed by atoms with Crippen molar-refractivity contribution in [2.24, 2.45) is 0 Å². The summed E-state index contributed by atoms with van der Waals surface area (Å²) in [6.45, 7) is 2.66. The van der Waals surface area contributed by atoms with E-state index < -0.39 is 16.8 Å². The molecule has 7 nitrogen and oxygen atoms in total. The van der Waals surface area contributed by atoms with Crippen LogP contribution >= 0.6 is 11.6 Å². The molecule has 0 saturated carbocycles. The maximum Gasteiger partial charge on any atom is 0.331 e. The van der Waals surface area contributed by atoms with Gasteiger partial charge in [-0.25, -0.2) is 4.79 Å². The number of hydrogen-bond acceptors (Lipinski definition) is 4. The molecule has 0 aromatic heterocycles. The van der Waals surface area contributed by atoms with Gasteiger partial charge in [-0.2, -0.15) is 0 Å². The second-order valence-electron chi connectivity index (χ2n) is 3.93. The van der Waals surface area contributed by atoms with Gasteiger partial charge in [-0.3, -0.25) is 14.9 Å². The van der Waals surface area contributed by atoms with E-state index >= 15 is 0 Å². The first-order valence-electron chi connectivity index (χ1n) is 5.40. The van der Waals surface area contributed by atoms with Crippen molar-refractivity contribution >= 4 is 34.9 Å². The van der Waals surface area contributed by atoms with Crippen LogP contribution in [0.3, 0.4) is 0 Å². The van der Waals surface area contributed by atoms with Gasteiger partial charge < -0.3 is 10.4 Å². The van der Waals surface area contributed by atoms with Crippen LogP contribution in [-0.4, -0.2) is 21.9 Å². The first kappa shape index (κ1) is 15.6. The second kappa shape index (κ2) is 6.16. The summed E-state index contributed by atoms with van der Waals surface area (Å²) in [5, 5.41) is 21.7. The van der Waals surface area contributed by atoms with Crippen molar-refractivity contribution < 1.29 is 19.6 Å². The van der Waals surface area contributed by atoms with Crippen molar-refractivity contribution in [2.45, 2.75) is 13.8 Å². The van der Waals surface area contributed by atoms with Crippen molar-refractivity contribution in [3.8, 4) is 0 Å². The number of amides is 1. The minimum absolute atomic E-state index is 0.00618. The molecule has 8 heteroatoms. The maximum atomic E-state index is 11.8. The van der Waals surface area contributed by atoms with E-state index in [2.05, 4.69) is 5.32 Å². The fraction of sp³-hybridized carbons (Fsp3) is 0.167. The van der Waals surface area contributed by atoms with Crippen molar-refractivity contribution in [3.05, 3.63) is 44.5 Å². The lowest BCUT2D eigenvalue weighted by Crippen LogP contribution is -2.16. The zero-order valence-corrected chi connectivity index (χ0v) is 11.4. The van der Waals surface area contributed by atoms with E-state index in [-0.39, 0.29) is 27.5 Å². The molecule has 0 fully saturated rings. The molecule has 0 saturated heterocycles. The molecule has 1 aromatic carbocycles. The number of non-ortho nitro benzene ring substituents is 1. The molecule has 106 valence electrons. The molecule has 2 N–H and O–H groups in total. The third kappa shape index (κ3) is 3.55. The van der Waals surface area contributed by atoms with Gasteiger partial charge in [0.2, 0.25) is 0 Å². The highest BCUT2D eigenvalue weighted by Crippen LogP contribution is 2.27. The van der Waals surface area contributed by atoms with E-state index in [1.807, 2.05) is 0 Å². The van der Waals surface area contributed by atoms with E-state index in [1.165, 1.54) is 26.0 Å². The number of carboxylic acids is 1. The number of nitro groups is 1. The van der Waals surface area contributed by atoms with Crippen molar-refractivity contribution in [1.82, 2.24) is 0 Å². The molecule has 1 aromatic rings. The summed E-state index contributed by atoms with van der Waals surface area (Å²) in [6.07, 6.45) is 0. The summed E-state index contributed by atoms with van der Waals surface area (Å²) in [4.78, 5) is 32.5. The summed E-state index contributed by atoms with van der Waals surface area (Å²) in [5.74, 6) is -1.84. The molecule has 0 spiro atoms. The molecule has 1 rings (SSSR count). The number of aliphatic carboxylic acids is 1. The maximum absolute atomic E-state index is 11.8. The molecular weight excluding hydrogens is 288 g/mol. The topological polar surface area (TPSA) is 110 Å². The lowest BCUT2D eigenvalue weighted by Gasteiger charge is -2.08. The Kier molecular flexibility index (Phi) is 4.82. The van der Waals surface area contributed by atoms with Gasteiger partial charge in [0.05, 0.1) is 15.6 Å². The third-order valence-corrected chi connectivity index (χ3v) is 2.95. The number of hydrogen-bond donors (Lipinski definition) is 2. The number of benzene rings is 1. The Morgan fingerprint density at radius 3 is 2.35 bits per heavy atom. The minimum Gasteiger partial charge on any atom is -0.478 e. The summed E-state index contributed by atoms with van der Waals surface area (Å²) in [6, 6.07) is 3.56. The van der Waals surface area contributed by atoms with Crippen LogP contribution in [0.5, 0.6) is 0 Å². The Hall–Kier alpha value is -2.41. The Balaban J connectivity index is 3.00. The number of halogens is 1. The summed E-state index contributed by atoms with van der Waals surface area (Å²) in [7, 11) is 0. The Bertz CT molecular complexity index is 624. The van der Waals surface area contributed by atoms with Gasteiger partial charge in [-0.15, -0.1) is 0 Å². The monoisotopic (exact) mass is 298 g/mol. The molecule has 0 bridgehead atoms. The molecule has 0 atom stereocenters. The SMILES string of the molecule is C/C(C(=O)O)=C(\C)C(=O)Nc1ccc([N+](=O)[O-])cc1Cl. The lowest BCUT2D eigenvalue weighted by atomic mass is 10.1. The molecule has 1 amide bonds. The average molecular weight is 299 g/mol. The number of anilines is 1. The van der Waals surface area contributed by atoms with Crippen LogP contribution in [0, 0.1) is 10.1 Å². The number of nitro benzene ring substituents is 1. The Labute approximate surface area is 119 Å². The summed E-state index contributed by atoms with van der Waals surface area (Å²) < 4.78 is 0. The number of nitrogens with zero attached hydrogens (tertiary/aromatic N) is 1. The first-order valence-corrected chi connectivity index (χ1v) is 5.78. The smallest absolute Gasteiger partial charge is 0.331 e. The van der Waals surface area contributed by atoms with Crippen molar-refractivity contribution in [3.63, 3.8) is 0 Å². The number of nitrogens with one attached hydrogen (secondary N) is 1. The molecular formula is C12H11ClN2O5. The van der Waals surface area contributed by atoms with Gasteiger partial charge in [-0.1, -0.05) is 11.6 Å². The molecule has 0 aliphatic carbocycles. The van der Waals surface area contributed by atoms with E-state index in [0.29, 0.717) is 0 Å². The molecule has 0 unspecified atom stereocenters. The zero-order valence-electron chi connectivity index (χ0n) is 10.6. The van der Waals surface area contributed by atoms with Crippen LogP contribution < -0.4 is 5.32 Å². The quantitative estimate of drug-likeness (QED) is 0.504. The average Bonchev–Trinajstić information content (AvgIpc) is 2.38. The fourth-order valence-electron chi connectivity index (χ4n) is 1.27. The highest BCUT2D eigenvalue weighted by molar-refractivity contribution is 6.34. The Morgan fingerprint density at radius 1 is 1.30 bits per heavy atom. The highest BCUT2D eigenvalue weighted by Gasteiger charge is 2.15. The normalized spacial score (nSPS) is 11.6. The van der Waals surface area contributed by atoms with Crippen LogP contribution in [0.15, 0.2) is 29.3 Å². The summed E-state index contributed by atoms with van der Waals surface area (Å²) >= 11 is 5.81. The van der Waals surface area contributed by atoms with Gasteiger partial charge in [0.25, 0.3) is 11.6 Å².